The predicted molar refractivity (Wildman–Crippen MR) is 89.2 cm³/mol. The number of nitrogens with one attached hydrogen (secondary N) is 1. The highest BCUT2D eigenvalue weighted by Gasteiger charge is 2.30. The van der Waals surface area contributed by atoms with Gasteiger partial charge in [0.25, 0.3) is 5.91 Å². The van der Waals surface area contributed by atoms with E-state index in [1.807, 2.05) is 26.0 Å². The summed E-state index contributed by atoms with van der Waals surface area (Å²) in [6, 6.07) is 8.21. The van der Waals surface area contributed by atoms with Crippen molar-refractivity contribution >= 4 is 27.5 Å². The van der Waals surface area contributed by atoms with Crippen molar-refractivity contribution in [3.63, 3.8) is 0 Å². The molecule has 2 aromatic rings. The van der Waals surface area contributed by atoms with Gasteiger partial charge in [0.05, 0.1) is 10.0 Å². The van der Waals surface area contributed by atoms with E-state index in [1.54, 1.807) is 0 Å². The van der Waals surface area contributed by atoms with Crippen LogP contribution in [0.4, 0.5) is 18.9 Å². The standard InChI is InChI=1S/C17H15BrF3NO2/c1-10-6-11(2)16(14(18)7-10)24-9-15(23)22-13-5-3-4-12(8-13)17(19,20)21/h3-8H,9H2,1-2H3,(H,22,23). The maximum atomic E-state index is 12.7. The lowest BCUT2D eigenvalue weighted by molar-refractivity contribution is -0.137. The molecule has 7 heteroatoms. The molecular formula is C17H15BrF3NO2. The van der Waals surface area contributed by atoms with E-state index in [-0.39, 0.29) is 12.3 Å². The summed E-state index contributed by atoms with van der Waals surface area (Å²) in [5.41, 5.74) is 1.14. The Balaban J connectivity index is 2.02. The van der Waals surface area contributed by atoms with Crippen molar-refractivity contribution in [2.24, 2.45) is 0 Å². The van der Waals surface area contributed by atoms with E-state index in [0.717, 1.165) is 23.3 Å². The zero-order valence-corrected chi connectivity index (χ0v) is 14.6. The molecule has 3 nitrogen and oxygen atoms in total. The molecule has 0 saturated heterocycles. The van der Waals surface area contributed by atoms with Crippen molar-refractivity contribution in [2.45, 2.75) is 20.0 Å². The highest BCUT2D eigenvalue weighted by atomic mass is 79.9. The average molecular weight is 402 g/mol. The Bertz CT molecular complexity index is 737. The largest absolute Gasteiger partial charge is 0.482 e. The lowest BCUT2D eigenvalue weighted by Gasteiger charge is -2.13. The first kappa shape index (κ1) is 18.3. The van der Waals surface area contributed by atoms with Gasteiger partial charge in [-0.15, -0.1) is 0 Å². The fourth-order valence-corrected chi connectivity index (χ4v) is 2.98. The van der Waals surface area contributed by atoms with E-state index in [2.05, 4.69) is 21.2 Å². The van der Waals surface area contributed by atoms with Crippen LogP contribution in [0.25, 0.3) is 0 Å². The molecule has 0 aliphatic heterocycles. The molecule has 2 aromatic carbocycles. The van der Waals surface area contributed by atoms with E-state index in [0.29, 0.717) is 10.2 Å². The highest BCUT2D eigenvalue weighted by molar-refractivity contribution is 9.10. The third-order valence-corrected chi connectivity index (χ3v) is 3.78. The van der Waals surface area contributed by atoms with E-state index < -0.39 is 17.6 Å². The van der Waals surface area contributed by atoms with Gasteiger partial charge in [-0.2, -0.15) is 13.2 Å². The van der Waals surface area contributed by atoms with Crippen LogP contribution in [-0.4, -0.2) is 12.5 Å². The SMILES string of the molecule is Cc1cc(C)c(OCC(=O)Nc2cccc(C(F)(F)F)c2)c(Br)c1. The second kappa shape index (κ2) is 7.25. The molecule has 0 radical (unpaired) electrons. The van der Waals surface area contributed by atoms with Crippen LogP contribution in [0.1, 0.15) is 16.7 Å². The minimum absolute atomic E-state index is 0.0677. The molecule has 0 saturated carbocycles. The Morgan fingerprint density at radius 1 is 1.21 bits per heavy atom. The molecule has 2 rings (SSSR count). The maximum Gasteiger partial charge on any atom is 0.416 e. The zero-order valence-electron chi connectivity index (χ0n) is 13.0. The average Bonchev–Trinajstić information content (AvgIpc) is 2.45. The van der Waals surface area contributed by atoms with Crippen molar-refractivity contribution < 1.29 is 22.7 Å². The number of alkyl halides is 3. The summed E-state index contributed by atoms with van der Waals surface area (Å²) < 4.78 is 44.1. The first-order chi connectivity index (χ1) is 11.2. The van der Waals surface area contributed by atoms with Gasteiger partial charge in [0.2, 0.25) is 0 Å². The van der Waals surface area contributed by atoms with Gasteiger partial charge >= 0.3 is 6.18 Å². The molecule has 1 N–H and O–H groups in total. The van der Waals surface area contributed by atoms with Crippen LogP contribution in [0.15, 0.2) is 40.9 Å². The molecular weight excluding hydrogens is 387 g/mol. The Morgan fingerprint density at radius 2 is 1.92 bits per heavy atom. The summed E-state index contributed by atoms with van der Waals surface area (Å²) in [6.45, 7) is 3.47. The number of carbonyl (C=O) groups excluding carboxylic acids is 1. The monoisotopic (exact) mass is 401 g/mol. The topological polar surface area (TPSA) is 38.3 Å². The molecule has 0 spiro atoms. The fourth-order valence-electron chi connectivity index (χ4n) is 2.19. The number of halogens is 4. The second-order valence-electron chi connectivity index (χ2n) is 5.31. The van der Waals surface area contributed by atoms with Crippen LogP contribution in [0.2, 0.25) is 0 Å². The van der Waals surface area contributed by atoms with E-state index in [1.165, 1.54) is 12.1 Å². The van der Waals surface area contributed by atoms with Crippen molar-refractivity contribution in [3.8, 4) is 5.75 Å². The molecule has 0 bridgehead atoms. The Labute approximate surface area is 146 Å². The first-order valence-electron chi connectivity index (χ1n) is 7.03. The quantitative estimate of drug-likeness (QED) is 0.773. The summed E-state index contributed by atoms with van der Waals surface area (Å²) in [5.74, 6) is -0.0130. The number of aryl methyl sites for hydroxylation is 2. The Hall–Kier alpha value is -2.02. The molecule has 24 heavy (non-hydrogen) atoms. The summed E-state index contributed by atoms with van der Waals surface area (Å²) in [7, 11) is 0. The molecule has 0 aliphatic rings. The number of rotatable bonds is 4. The molecule has 0 heterocycles. The van der Waals surface area contributed by atoms with Gasteiger partial charge in [-0.05, 0) is 65.2 Å². The second-order valence-corrected chi connectivity index (χ2v) is 6.16. The summed E-state index contributed by atoms with van der Waals surface area (Å²) in [6.07, 6.45) is -4.46. The molecule has 0 aromatic heterocycles. The third-order valence-electron chi connectivity index (χ3n) is 3.19. The fraction of sp³-hybridized carbons (Fsp3) is 0.235. The smallest absolute Gasteiger partial charge is 0.416 e. The molecule has 0 atom stereocenters. The van der Waals surface area contributed by atoms with Crippen LogP contribution in [0.5, 0.6) is 5.75 Å². The van der Waals surface area contributed by atoms with E-state index in [9.17, 15) is 18.0 Å². The lowest BCUT2D eigenvalue weighted by Crippen LogP contribution is -2.21. The van der Waals surface area contributed by atoms with E-state index in [4.69, 9.17) is 4.74 Å². The molecule has 128 valence electrons. The van der Waals surface area contributed by atoms with Crippen LogP contribution in [0.3, 0.4) is 0 Å². The molecule has 0 unspecified atom stereocenters. The highest BCUT2D eigenvalue weighted by Crippen LogP contribution is 2.31. The van der Waals surface area contributed by atoms with Crippen molar-refractivity contribution in [3.05, 3.63) is 57.6 Å². The van der Waals surface area contributed by atoms with Crippen molar-refractivity contribution in [1.29, 1.82) is 0 Å². The van der Waals surface area contributed by atoms with Crippen LogP contribution in [0, 0.1) is 13.8 Å². The molecule has 0 fully saturated rings. The number of benzene rings is 2. The number of amides is 1. The zero-order chi connectivity index (χ0) is 17.9. The minimum atomic E-state index is -4.46. The molecule has 1 amide bonds. The number of hydrogen-bond donors (Lipinski definition) is 1. The van der Waals surface area contributed by atoms with Gasteiger partial charge < -0.3 is 10.1 Å². The van der Waals surface area contributed by atoms with Gasteiger partial charge in [0, 0.05) is 5.69 Å². The predicted octanol–water partition coefficient (Wildman–Crippen LogP) is 5.10. The lowest BCUT2D eigenvalue weighted by atomic mass is 10.1. The van der Waals surface area contributed by atoms with Gasteiger partial charge in [-0.1, -0.05) is 12.1 Å². The maximum absolute atomic E-state index is 12.7. The number of hydrogen-bond acceptors (Lipinski definition) is 2. The summed E-state index contributed by atoms with van der Waals surface area (Å²) in [4.78, 5) is 11.9. The Kier molecular flexibility index (Phi) is 5.54. The first-order valence-corrected chi connectivity index (χ1v) is 7.83. The molecule has 0 aliphatic carbocycles. The van der Waals surface area contributed by atoms with E-state index >= 15 is 0 Å². The minimum Gasteiger partial charge on any atom is -0.482 e. The summed E-state index contributed by atoms with van der Waals surface area (Å²) >= 11 is 3.36. The van der Waals surface area contributed by atoms with Gasteiger partial charge in [0.15, 0.2) is 6.61 Å². The van der Waals surface area contributed by atoms with Gasteiger partial charge in [-0.3, -0.25) is 4.79 Å². The van der Waals surface area contributed by atoms with Crippen molar-refractivity contribution in [1.82, 2.24) is 0 Å². The normalized spacial score (nSPS) is 11.2. The number of carbonyl (C=O) groups is 1. The number of ether oxygens (including phenoxy) is 1. The number of anilines is 1. The van der Waals surface area contributed by atoms with Crippen LogP contribution in [-0.2, 0) is 11.0 Å². The van der Waals surface area contributed by atoms with Gasteiger partial charge in [0.1, 0.15) is 5.75 Å². The van der Waals surface area contributed by atoms with Crippen molar-refractivity contribution in [2.75, 3.05) is 11.9 Å². The van der Waals surface area contributed by atoms with Gasteiger partial charge in [-0.25, -0.2) is 0 Å². The third kappa shape index (κ3) is 4.74. The van der Waals surface area contributed by atoms with Crippen LogP contribution >= 0.6 is 15.9 Å². The van der Waals surface area contributed by atoms with Crippen LogP contribution < -0.4 is 10.1 Å². The summed E-state index contributed by atoms with van der Waals surface area (Å²) in [5, 5.41) is 2.40. The Morgan fingerprint density at radius 3 is 2.54 bits per heavy atom.